The number of nitrogens with one attached hydrogen (secondary N) is 1. The van der Waals surface area contributed by atoms with Gasteiger partial charge in [0.2, 0.25) is 5.91 Å². The summed E-state index contributed by atoms with van der Waals surface area (Å²) in [7, 11) is 1.52. The predicted octanol–water partition coefficient (Wildman–Crippen LogP) is 6.24. The normalized spacial score (nSPS) is 21.5. The van der Waals surface area contributed by atoms with E-state index in [2.05, 4.69) is 10.3 Å². The van der Waals surface area contributed by atoms with Crippen LogP contribution in [-0.2, 0) is 20.5 Å². The number of pyridine rings is 1. The summed E-state index contributed by atoms with van der Waals surface area (Å²) in [6.45, 7) is 0.204. The summed E-state index contributed by atoms with van der Waals surface area (Å²) < 4.78 is 51.2. The summed E-state index contributed by atoms with van der Waals surface area (Å²) in [5.74, 6) is -1.22. The molecule has 0 radical (unpaired) electrons. The fourth-order valence-electron chi connectivity index (χ4n) is 5.37. The SMILES string of the molecule is COc1ccccc1N(C(=O)C1CCOC1=O)C1CCC(Nc2cc(C(F)(F)F)nc3ccc(Cl)cc23)CC1. The number of anilines is 2. The molecular formula is C28H27ClF3N3O4. The van der Waals surface area contributed by atoms with E-state index >= 15 is 0 Å². The molecule has 2 aromatic carbocycles. The van der Waals surface area contributed by atoms with Crippen molar-refractivity contribution in [3.8, 4) is 5.75 Å². The molecule has 11 heteroatoms. The Hall–Kier alpha value is -3.53. The third-order valence-corrected chi connectivity index (χ3v) is 7.53. The molecule has 3 aromatic rings. The largest absolute Gasteiger partial charge is 0.495 e. The topological polar surface area (TPSA) is 80.8 Å². The van der Waals surface area contributed by atoms with Gasteiger partial charge in [-0.1, -0.05) is 23.7 Å². The van der Waals surface area contributed by atoms with Crippen LogP contribution in [0, 0.1) is 5.92 Å². The number of hydrogen-bond acceptors (Lipinski definition) is 6. The highest BCUT2D eigenvalue weighted by molar-refractivity contribution is 6.31. The monoisotopic (exact) mass is 561 g/mol. The van der Waals surface area contributed by atoms with E-state index in [-0.39, 0.29) is 30.1 Å². The number of methoxy groups -OCH3 is 1. The van der Waals surface area contributed by atoms with Gasteiger partial charge in [-0.3, -0.25) is 9.59 Å². The highest BCUT2D eigenvalue weighted by Crippen LogP contribution is 2.38. The lowest BCUT2D eigenvalue weighted by Gasteiger charge is -2.38. The van der Waals surface area contributed by atoms with Crippen molar-refractivity contribution < 1.29 is 32.2 Å². The molecule has 206 valence electrons. The molecule has 39 heavy (non-hydrogen) atoms. The molecule has 2 aliphatic rings. The van der Waals surface area contributed by atoms with Crippen LogP contribution in [0.1, 0.15) is 37.8 Å². The molecule has 1 atom stereocenters. The Kier molecular flexibility index (Phi) is 7.57. The molecule has 0 spiro atoms. The molecule has 1 saturated carbocycles. The number of ether oxygens (including phenoxy) is 2. The molecule has 1 saturated heterocycles. The van der Waals surface area contributed by atoms with Crippen molar-refractivity contribution in [1.82, 2.24) is 4.98 Å². The Bertz CT molecular complexity index is 1390. The van der Waals surface area contributed by atoms with Crippen molar-refractivity contribution in [3.05, 3.63) is 59.2 Å². The van der Waals surface area contributed by atoms with Gasteiger partial charge in [0, 0.05) is 34.6 Å². The zero-order valence-corrected chi connectivity index (χ0v) is 21.9. The lowest BCUT2D eigenvalue weighted by atomic mass is 9.88. The number of rotatable bonds is 6. The number of carbonyl (C=O) groups is 2. The number of amides is 1. The number of cyclic esters (lactones) is 1. The molecule has 2 heterocycles. The number of nitrogens with zero attached hydrogens (tertiary/aromatic N) is 2. The van der Waals surface area contributed by atoms with E-state index < -0.39 is 23.8 Å². The molecule has 5 rings (SSSR count). The Balaban J connectivity index is 1.39. The Morgan fingerprint density at radius 1 is 1.10 bits per heavy atom. The molecule has 1 aromatic heterocycles. The second-order valence-corrected chi connectivity index (χ2v) is 10.2. The van der Waals surface area contributed by atoms with E-state index in [1.165, 1.54) is 19.2 Å². The number of halogens is 4. The number of hydrogen-bond donors (Lipinski definition) is 1. The van der Waals surface area contributed by atoms with Gasteiger partial charge >= 0.3 is 12.1 Å². The number of para-hydroxylation sites is 2. The summed E-state index contributed by atoms with van der Waals surface area (Å²) in [4.78, 5) is 31.3. The van der Waals surface area contributed by atoms with Crippen molar-refractivity contribution in [3.63, 3.8) is 0 Å². The van der Waals surface area contributed by atoms with Crippen LogP contribution < -0.4 is 15.0 Å². The molecule has 1 amide bonds. The fourth-order valence-corrected chi connectivity index (χ4v) is 5.55. The predicted molar refractivity (Wildman–Crippen MR) is 141 cm³/mol. The summed E-state index contributed by atoms with van der Waals surface area (Å²) in [6.07, 6.45) is -1.97. The van der Waals surface area contributed by atoms with E-state index in [9.17, 15) is 22.8 Å². The van der Waals surface area contributed by atoms with Crippen LogP contribution in [0.2, 0.25) is 5.02 Å². The first-order valence-corrected chi connectivity index (χ1v) is 13.1. The molecular weight excluding hydrogens is 535 g/mol. The maximum absolute atomic E-state index is 13.6. The van der Waals surface area contributed by atoms with Gasteiger partial charge in [0.25, 0.3) is 0 Å². The molecule has 7 nitrogen and oxygen atoms in total. The fraction of sp³-hybridized carbons (Fsp3) is 0.393. The Labute approximate surface area is 228 Å². The second-order valence-electron chi connectivity index (χ2n) is 9.75. The second kappa shape index (κ2) is 10.9. The van der Waals surface area contributed by atoms with E-state index in [0.717, 1.165) is 6.07 Å². The highest BCUT2D eigenvalue weighted by atomic mass is 35.5. The van der Waals surface area contributed by atoms with E-state index in [1.807, 2.05) is 0 Å². The molecule has 2 fully saturated rings. The minimum Gasteiger partial charge on any atom is -0.495 e. The maximum atomic E-state index is 13.6. The van der Waals surface area contributed by atoms with Crippen LogP contribution in [0.4, 0.5) is 24.5 Å². The Morgan fingerprint density at radius 2 is 1.85 bits per heavy atom. The minimum atomic E-state index is -4.60. The van der Waals surface area contributed by atoms with Gasteiger partial charge in [-0.25, -0.2) is 4.98 Å². The highest BCUT2D eigenvalue weighted by Gasteiger charge is 2.41. The van der Waals surface area contributed by atoms with Crippen LogP contribution in [0.25, 0.3) is 10.9 Å². The van der Waals surface area contributed by atoms with Crippen molar-refractivity contribution in [2.24, 2.45) is 5.92 Å². The maximum Gasteiger partial charge on any atom is 0.433 e. The molecule has 1 aliphatic carbocycles. The van der Waals surface area contributed by atoms with E-state index in [1.54, 1.807) is 35.2 Å². The average molecular weight is 562 g/mol. The number of fused-ring (bicyclic) bond motifs is 1. The van der Waals surface area contributed by atoms with Crippen LogP contribution in [0.5, 0.6) is 5.75 Å². The third kappa shape index (κ3) is 5.61. The smallest absolute Gasteiger partial charge is 0.433 e. The number of aromatic nitrogens is 1. The van der Waals surface area contributed by atoms with Crippen molar-refractivity contribution in [1.29, 1.82) is 0 Å². The van der Waals surface area contributed by atoms with Gasteiger partial charge < -0.3 is 19.7 Å². The average Bonchev–Trinajstić information content (AvgIpc) is 3.35. The zero-order valence-electron chi connectivity index (χ0n) is 21.1. The van der Waals surface area contributed by atoms with E-state index in [4.69, 9.17) is 21.1 Å². The van der Waals surface area contributed by atoms with Crippen molar-refractivity contribution in [2.75, 3.05) is 23.9 Å². The van der Waals surface area contributed by atoms with Crippen LogP contribution in [0.3, 0.4) is 0 Å². The minimum absolute atomic E-state index is 0.141. The summed E-state index contributed by atoms with van der Waals surface area (Å²) >= 11 is 6.14. The standard InChI is InChI=1S/C28H27ClF3N3O4/c1-38-24-5-3-2-4-23(24)35(26(36)19-12-13-39-27(19)37)18-9-7-17(8-10-18)33-22-15-25(28(30,31)32)34-21-11-6-16(29)14-20(21)22/h2-6,11,14-15,17-19H,7-10,12-13H2,1H3,(H,33,34). The van der Waals surface area contributed by atoms with Gasteiger partial charge in [0.05, 0.1) is 24.9 Å². The lowest BCUT2D eigenvalue weighted by molar-refractivity contribution is -0.144. The number of benzene rings is 2. The molecule has 1 unspecified atom stereocenters. The molecule has 0 bridgehead atoms. The molecule has 1 N–H and O–H groups in total. The number of carbonyl (C=O) groups excluding carboxylic acids is 2. The van der Waals surface area contributed by atoms with Gasteiger partial charge in [-0.2, -0.15) is 13.2 Å². The third-order valence-electron chi connectivity index (χ3n) is 7.30. The van der Waals surface area contributed by atoms with Crippen LogP contribution >= 0.6 is 11.6 Å². The van der Waals surface area contributed by atoms with Crippen molar-refractivity contribution >= 4 is 45.8 Å². The summed E-state index contributed by atoms with van der Waals surface area (Å²) in [6, 6.07) is 12.4. The van der Waals surface area contributed by atoms with Gasteiger partial charge in [0.15, 0.2) is 0 Å². The van der Waals surface area contributed by atoms with Gasteiger partial charge in [0.1, 0.15) is 17.4 Å². The summed E-state index contributed by atoms with van der Waals surface area (Å²) in [5.41, 5.74) is 0.0991. The summed E-state index contributed by atoms with van der Waals surface area (Å²) in [5, 5.41) is 4.17. The van der Waals surface area contributed by atoms with Crippen LogP contribution in [0.15, 0.2) is 48.5 Å². The quantitative estimate of drug-likeness (QED) is 0.284. The van der Waals surface area contributed by atoms with Gasteiger partial charge in [-0.05, 0) is 62.1 Å². The first-order chi connectivity index (χ1) is 18.7. The zero-order chi connectivity index (χ0) is 27.7. The van der Waals surface area contributed by atoms with Gasteiger partial charge in [-0.15, -0.1) is 0 Å². The number of esters is 1. The first kappa shape index (κ1) is 27.1. The van der Waals surface area contributed by atoms with Crippen molar-refractivity contribution in [2.45, 2.75) is 50.4 Å². The Morgan fingerprint density at radius 3 is 2.51 bits per heavy atom. The molecule has 1 aliphatic heterocycles. The first-order valence-electron chi connectivity index (χ1n) is 12.7. The van der Waals surface area contributed by atoms with Crippen LogP contribution in [-0.4, -0.2) is 42.7 Å². The number of alkyl halides is 3. The lowest BCUT2D eigenvalue weighted by Crippen LogP contribution is -2.47. The van der Waals surface area contributed by atoms with E-state index in [0.29, 0.717) is 59.6 Å².